The molecule has 0 bridgehead atoms. The molecule has 0 atom stereocenters. The number of nitrogens with one attached hydrogen (secondary N) is 2. The number of phenols is 1. The van der Waals surface area contributed by atoms with Crippen LogP contribution < -0.4 is 10.6 Å². The van der Waals surface area contributed by atoms with E-state index in [0.29, 0.717) is 5.76 Å². The standard InChI is InChI=1S/C14H13FN2O4/c15-10-4-1-5-11(18)13(10)14(20)17-8-12(19)16-7-9-3-2-6-21-9/h1-6,18H,7-8H2,(H,16,19)(H,17,20). The van der Waals surface area contributed by atoms with Gasteiger partial charge in [-0.15, -0.1) is 0 Å². The van der Waals surface area contributed by atoms with E-state index in [1.807, 2.05) is 0 Å². The van der Waals surface area contributed by atoms with Crippen LogP contribution in [0.4, 0.5) is 4.39 Å². The molecule has 6 nitrogen and oxygen atoms in total. The number of halogens is 1. The van der Waals surface area contributed by atoms with Crippen molar-refractivity contribution in [3.8, 4) is 5.75 Å². The topological polar surface area (TPSA) is 91.6 Å². The summed E-state index contributed by atoms with van der Waals surface area (Å²) in [6.07, 6.45) is 1.48. The zero-order valence-corrected chi connectivity index (χ0v) is 10.9. The minimum Gasteiger partial charge on any atom is -0.507 e. The Kier molecular flexibility index (Phi) is 4.55. The van der Waals surface area contributed by atoms with Gasteiger partial charge in [-0.2, -0.15) is 0 Å². The molecule has 1 aromatic heterocycles. The van der Waals surface area contributed by atoms with Crippen molar-refractivity contribution in [1.29, 1.82) is 0 Å². The smallest absolute Gasteiger partial charge is 0.258 e. The number of phenolic OH excluding ortho intramolecular Hbond substituents is 1. The number of rotatable bonds is 5. The molecule has 0 radical (unpaired) electrons. The molecular formula is C14H13FN2O4. The average Bonchev–Trinajstić information content (AvgIpc) is 2.96. The Morgan fingerprint density at radius 1 is 1.19 bits per heavy atom. The summed E-state index contributed by atoms with van der Waals surface area (Å²) in [6.45, 7) is -0.153. The number of furan rings is 1. The van der Waals surface area contributed by atoms with E-state index < -0.39 is 28.9 Å². The molecule has 2 rings (SSSR count). The van der Waals surface area contributed by atoms with E-state index in [9.17, 15) is 19.1 Å². The SMILES string of the molecule is O=C(CNC(=O)c1c(O)cccc1F)NCc1ccco1. The van der Waals surface area contributed by atoms with E-state index in [2.05, 4.69) is 10.6 Å². The van der Waals surface area contributed by atoms with Crippen LogP contribution in [0.15, 0.2) is 41.0 Å². The Morgan fingerprint density at radius 2 is 2.00 bits per heavy atom. The third-order valence-corrected chi connectivity index (χ3v) is 2.67. The van der Waals surface area contributed by atoms with Crippen LogP contribution in [0, 0.1) is 5.82 Å². The van der Waals surface area contributed by atoms with Crippen molar-refractivity contribution in [3.05, 3.63) is 53.7 Å². The second-order valence-electron chi connectivity index (χ2n) is 4.17. The van der Waals surface area contributed by atoms with Gasteiger partial charge in [-0.3, -0.25) is 9.59 Å². The highest BCUT2D eigenvalue weighted by molar-refractivity contribution is 5.98. The van der Waals surface area contributed by atoms with Crippen molar-refractivity contribution in [2.24, 2.45) is 0 Å². The molecule has 7 heteroatoms. The number of aromatic hydroxyl groups is 1. The Balaban J connectivity index is 1.85. The molecule has 110 valence electrons. The summed E-state index contributed by atoms with van der Waals surface area (Å²) >= 11 is 0. The lowest BCUT2D eigenvalue weighted by molar-refractivity contribution is -0.120. The first-order valence-electron chi connectivity index (χ1n) is 6.12. The van der Waals surface area contributed by atoms with Crippen molar-refractivity contribution < 1.29 is 23.5 Å². The van der Waals surface area contributed by atoms with Gasteiger partial charge in [0.2, 0.25) is 5.91 Å². The normalized spacial score (nSPS) is 10.1. The lowest BCUT2D eigenvalue weighted by atomic mass is 10.1. The number of benzene rings is 1. The molecule has 0 spiro atoms. The van der Waals surface area contributed by atoms with Crippen molar-refractivity contribution in [2.45, 2.75) is 6.54 Å². The van der Waals surface area contributed by atoms with Gasteiger partial charge in [-0.05, 0) is 24.3 Å². The fraction of sp³-hybridized carbons (Fsp3) is 0.143. The molecule has 0 unspecified atom stereocenters. The predicted molar refractivity (Wildman–Crippen MR) is 71.0 cm³/mol. The monoisotopic (exact) mass is 292 g/mol. The predicted octanol–water partition coefficient (Wildman–Crippen LogP) is 1.17. The van der Waals surface area contributed by atoms with Crippen LogP contribution in [0.2, 0.25) is 0 Å². The van der Waals surface area contributed by atoms with Crippen LogP contribution in [0.3, 0.4) is 0 Å². The van der Waals surface area contributed by atoms with E-state index >= 15 is 0 Å². The third-order valence-electron chi connectivity index (χ3n) is 2.67. The summed E-state index contributed by atoms with van der Waals surface area (Å²) in [7, 11) is 0. The van der Waals surface area contributed by atoms with E-state index in [0.717, 1.165) is 6.07 Å². The molecule has 2 aromatic rings. The molecule has 0 aliphatic rings. The van der Waals surface area contributed by atoms with Crippen LogP contribution in [-0.2, 0) is 11.3 Å². The van der Waals surface area contributed by atoms with Crippen LogP contribution in [0.1, 0.15) is 16.1 Å². The second kappa shape index (κ2) is 6.56. The lowest BCUT2D eigenvalue weighted by Gasteiger charge is -2.08. The molecule has 0 fully saturated rings. The van der Waals surface area contributed by atoms with Crippen molar-refractivity contribution in [2.75, 3.05) is 6.54 Å². The van der Waals surface area contributed by atoms with Gasteiger partial charge in [0, 0.05) is 0 Å². The van der Waals surface area contributed by atoms with Crippen molar-refractivity contribution >= 4 is 11.8 Å². The first-order valence-corrected chi connectivity index (χ1v) is 6.12. The Bertz CT molecular complexity index is 620. The van der Waals surface area contributed by atoms with Gasteiger partial charge < -0.3 is 20.2 Å². The van der Waals surface area contributed by atoms with E-state index in [1.54, 1.807) is 12.1 Å². The van der Waals surface area contributed by atoms with Crippen molar-refractivity contribution in [3.63, 3.8) is 0 Å². The van der Waals surface area contributed by atoms with Gasteiger partial charge in [-0.25, -0.2) is 4.39 Å². The molecule has 21 heavy (non-hydrogen) atoms. The molecule has 1 aromatic carbocycles. The van der Waals surface area contributed by atoms with Crippen LogP contribution in [-0.4, -0.2) is 23.5 Å². The summed E-state index contributed by atoms with van der Waals surface area (Å²) in [5.41, 5.74) is -0.490. The van der Waals surface area contributed by atoms with Crippen LogP contribution in [0.5, 0.6) is 5.75 Å². The fourth-order valence-electron chi connectivity index (χ4n) is 1.65. The molecule has 1 heterocycles. The van der Waals surface area contributed by atoms with Gasteiger partial charge in [0.25, 0.3) is 5.91 Å². The van der Waals surface area contributed by atoms with Gasteiger partial charge in [0.05, 0.1) is 19.4 Å². The zero-order valence-electron chi connectivity index (χ0n) is 10.9. The fourth-order valence-corrected chi connectivity index (χ4v) is 1.65. The molecule has 0 saturated heterocycles. The molecule has 2 amide bonds. The summed E-state index contributed by atoms with van der Waals surface area (Å²) in [6, 6.07) is 6.89. The Morgan fingerprint density at radius 3 is 2.67 bits per heavy atom. The van der Waals surface area contributed by atoms with Gasteiger partial charge in [-0.1, -0.05) is 6.07 Å². The second-order valence-corrected chi connectivity index (χ2v) is 4.17. The van der Waals surface area contributed by atoms with Crippen LogP contribution >= 0.6 is 0 Å². The number of hydrogen-bond donors (Lipinski definition) is 3. The lowest BCUT2D eigenvalue weighted by Crippen LogP contribution is -2.36. The van der Waals surface area contributed by atoms with E-state index in [-0.39, 0.29) is 13.1 Å². The minimum absolute atomic E-state index is 0.187. The minimum atomic E-state index is -0.862. The third kappa shape index (κ3) is 3.82. The largest absolute Gasteiger partial charge is 0.507 e. The molecular weight excluding hydrogens is 279 g/mol. The molecule has 0 aliphatic heterocycles. The number of carbonyl (C=O) groups is 2. The van der Waals surface area contributed by atoms with E-state index in [1.165, 1.54) is 18.4 Å². The summed E-state index contributed by atoms with van der Waals surface area (Å²) in [5.74, 6) is -2.09. The van der Waals surface area contributed by atoms with Crippen molar-refractivity contribution in [1.82, 2.24) is 10.6 Å². The highest BCUT2D eigenvalue weighted by atomic mass is 19.1. The zero-order chi connectivity index (χ0) is 15.2. The Hall–Kier alpha value is -2.83. The van der Waals surface area contributed by atoms with Crippen LogP contribution in [0.25, 0.3) is 0 Å². The van der Waals surface area contributed by atoms with Gasteiger partial charge in [0.1, 0.15) is 22.9 Å². The number of hydrogen-bond acceptors (Lipinski definition) is 4. The highest BCUT2D eigenvalue weighted by Gasteiger charge is 2.16. The summed E-state index contributed by atoms with van der Waals surface area (Å²) in [5, 5.41) is 14.2. The quantitative estimate of drug-likeness (QED) is 0.771. The molecule has 3 N–H and O–H groups in total. The highest BCUT2D eigenvalue weighted by Crippen LogP contribution is 2.19. The Labute approximate surface area is 119 Å². The maximum atomic E-state index is 13.4. The maximum absolute atomic E-state index is 13.4. The molecule has 0 saturated carbocycles. The van der Waals surface area contributed by atoms with E-state index in [4.69, 9.17) is 4.42 Å². The number of amides is 2. The number of carbonyl (C=O) groups excluding carboxylic acids is 2. The van der Waals surface area contributed by atoms with Gasteiger partial charge in [0.15, 0.2) is 0 Å². The first-order chi connectivity index (χ1) is 10.1. The maximum Gasteiger partial charge on any atom is 0.258 e. The summed E-state index contributed by atoms with van der Waals surface area (Å²) < 4.78 is 18.5. The molecule has 0 aliphatic carbocycles. The summed E-state index contributed by atoms with van der Waals surface area (Å²) in [4.78, 5) is 23.2. The van der Waals surface area contributed by atoms with Gasteiger partial charge >= 0.3 is 0 Å². The first kappa shape index (κ1) is 14.6. The average molecular weight is 292 g/mol.